The van der Waals surface area contributed by atoms with Crippen molar-refractivity contribution < 1.29 is 9.59 Å². The zero-order valence-electron chi connectivity index (χ0n) is 25.9. The van der Waals surface area contributed by atoms with Gasteiger partial charge in [-0.15, -0.1) is 0 Å². The summed E-state index contributed by atoms with van der Waals surface area (Å²) in [5.74, 6) is -0.664. The lowest BCUT2D eigenvalue weighted by atomic mass is 9.92. The van der Waals surface area contributed by atoms with E-state index in [1.54, 1.807) is 6.07 Å². The lowest BCUT2D eigenvalue weighted by Gasteiger charge is -2.22. The number of carbonyl (C=O) groups is 2. The highest BCUT2D eigenvalue weighted by Crippen LogP contribution is 2.44. The Morgan fingerprint density at radius 1 is 0.354 bits per heavy atom. The second-order valence-corrected chi connectivity index (χ2v) is 12.0. The molecule has 226 valence electrons. The maximum absolute atomic E-state index is 14.8. The van der Waals surface area contributed by atoms with Crippen LogP contribution in [0.5, 0.6) is 0 Å². The zero-order valence-corrected chi connectivity index (χ0v) is 25.9. The van der Waals surface area contributed by atoms with Gasteiger partial charge in [0.05, 0.1) is 33.5 Å². The molecule has 0 saturated heterocycles. The Bertz CT molecular complexity index is 2530. The first-order valence-electron chi connectivity index (χ1n) is 16.0. The average Bonchev–Trinajstić information content (AvgIpc) is 3.62. The van der Waals surface area contributed by atoms with Crippen LogP contribution in [0.25, 0.3) is 60.9 Å². The van der Waals surface area contributed by atoms with Gasteiger partial charge in [-0.3, -0.25) is 9.59 Å². The van der Waals surface area contributed by atoms with Crippen molar-refractivity contribution in [3.05, 3.63) is 181 Å². The first kappa shape index (κ1) is 27.8. The third-order valence-corrected chi connectivity index (χ3v) is 9.35. The summed E-state index contributed by atoms with van der Waals surface area (Å²) in [6, 6.07) is 56.5. The van der Waals surface area contributed by atoms with E-state index in [1.807, 2.05) is 109 Å². The lowest BCUT2D eigenvalue weighted by Crippen LogP contribution is -2.30. The maximum Gasteiger partial charge on any atom is 0.268 e. The predicted molar refractivity (Wildman–Crippen MR) is 195 cm³/mol. The van der Waals surface area contributed by atoms with Crippen LogP contribution in [0, 0.1) is 0 Å². The van der Waals surface area contributed by atoms with Crippen LogP contribution in [0.15, 0.2) is 170 Å². The largest absolute Gasteiger partial charge is 0.308 e. The monoisotopic (exact) mass is 616 g/mol. The van der Waals surface area contributed by atoms with Crippen LogP contribution in [0.4, 0.5) is 5.69 Å². The molecule has 4 nitrogen and oxygen atoms in total. The summed E-state index contributed by atoms with van der Waals surface area (Å²) in [4.78, 5) is 30.6. The van der Waals surface area contributed by atoms with E-state index < -0.39 is 0 Å². The number of benzene rings is 7. The third-order valence-electron chi connectivity index (χ3n) is 9.35. The summed E-state index contributed by atoms with van der Waals surface area (Å²) < 4.78 is 2.14. The molecular formula is C44H28N2O2. The predicted octanol–water partition coefficient (Wildman–Crippen LogP) is 10.6. The SMILES string of the molecule is O=C1c2cccc(-n3c4ccccc4c4ccc(-c5ccccc5)cc43)c2C(=O)N1c1cccc(-c2ccccc2)c1-c1ccccc1. The molecule has 0 unspecified atom stereocenters. The molecule has 0 atom stereocenters. The minimum Gasteiger partial charge on any atom is -0.308 e. The van der Waals surface area contributed by atoms with Gasteiger partial charge in [0.15, 0.2) is 0 Å². The van der Waals surface area contributed by atoms with Crippen molar-refractivity contribution in [3.8, 4) is 39.1 Å². The molecule has 0 aliphatic carbocycles. The molecule has 0 radical (unpaired) electrons. The van der Waals surface area contributed by atoms with Gasteiger partial charge in [-0.2, -0.15) is 0 Å². The van der Waals surface area contributed by atoms with Gasteiger partial charge < -0.3 is 4.57 Å². The van der Waals surface area contributed by atoms with Gasteiger partial charge in [0.1, 0.15) is 0 Å². The molecule has 0 fully saturated rings. The standard InChI is InChI=1S/C44H28N2O2/c47-43-36-22-13-25-39(45-37-23-11-10-20-34(37)35-27-26-32(28-40(35)45)29-14-4-1-5-15-29)42(36)44(48)46(43)38-24-12-21-33(30-16-6-2-7-17-30)41(38)31-18-8-3-9-19-31/h1-28H. The van der Waals surface area contributed by atoms with Gasteiger partial charge in [-0.1, -0.05) is 140 Å². The van der Waals surface area contributed by atoms with Crippen molar-refractivity contribution >= 4 is 39.3 Å². The number of rotatable bonds is 5. The van der Waals surface area contributed by atoms with Crippen LogP contribution in [0.3, 0.4) is 0 Å². The number of anilines is 1. The highest BCUT2D eigenvalue weighted by molar-refractivity contribution is 6.36. The Labute approximate surface area is 277 Å². The van der Waals surface area contributed by atoms with Crippen LogP contribution >= 0.6 is 0 Å². The Morgan fingerprint density at radius 2 is 0.938 bits per heavy atom. The second-order valence-electron chi connectivity index (χ2n) is 12.0. The molecule has 1 aromatic heterocycles. The normalized spacial score (nSPS) is 12.6. The molecule has 1 aliphatic rings. The minimum absolute atomic E-state index is 0.329. The van der Waals surface area contributed by atoms with E-state index in [2.05, 4.69) is 59.2 Å². The van der Waals surface area contributed by atoms with Crippen LogP contribution in [0.2, 0.25) is 0 Å². The van der Waals surface area contributed by atoms with Crippen molar-refractivity contribution in [1.29, 1.82) is 0 Å². The Morgan fingerprint density at radius 3 is 1.67 bits per heavy atom. The Kier molecular flexibility index (Phi) is 6.41. The summed E-state index contributed by atoms with van der Waals surface area (Å²) in [7, 11) is 0. The molecule has 48 heavy (non-hydrogen) atoms. The molecule has 0 saturated carbocycles. The maximum atomic E-state index is 14.8. The Hall–Kier alpha value is -6.52. The van der Waals surface area contributed by atoms with Gasteiger partial charge in [0.2, 0.25) is 0 Å². The van der Waals surface area contributed by atoms with Gasteiger partial charge in [-0.05, 0) is 58.1 Å². The number of amides is 2. The fraction of sp³-hybridized carbons (Fsp3) is 0. The fourth-order valence-corrected chi connectivity index (χ4v) is 7.21. The number of imide groups is 1. The van der Waals surface area contributed by atoms with E-state index in [-0.39, 0.29) is 11.8 Å². The number of hydrogen-bond acceptors (Lipinski definition) is 2. The lowest BCUT2D eigenvalue weighted by molar-refractivity contribution is 0.0926. The number of carbonyl (C=O) groups excluding carboxylic acids is 2. The van der Waals surface area contributed by atoms with Crippen molar-refractivity contribution in [2.45, 2.75) is 0 Å². The number of para-hydroxylation sites is 1. The molecule has 1 aliphatic heterocycles. The first-order valence-corrected chi connectivity index (χ1v) is 16.0. The topological polar surface area (TPSA) is 42.3 Å². The molecule has 0 N–H and O–H groups in total. The molecule has 4 heteroatoms. The van der Waals surface area contributed by atoms with Gasteiger partial charge in [0, 0.05) is 16.3 Å². The quantitative estimate of drug-likeness (QED) is 0.181. The Balaban J connectivity index is 1.27. The summed E-state index contributed by atoms with van der Waals surface area (Å²) in [5.41, 5.74) is 9.91. The highest BCUT2D eigenvalue weighted by atomic mass is 16.2. The number of aromatic nitrogens is 1. The van der Waals surface area contributed by atoms with Gasteiger partial charge in [-0.25, -0.2) is 4.90 Å². The van der Waals surface area contributed by atoms with E-state index in [0.717, 1.165) is 55.2 Å². The van der Waals surface area contributed by atoms with E-state index in [1.165, 1.54) is 4.90 Å². The summed E-state index contributed by atoms with van der Waals surface area (Å²) in [6.07, 6.45) is 0. The van der Waals surface area contributed by atoms with E-state index in [9.17, 15) is 9.59 Å². The van der Waals surface area contributed by atoms with Crippen molar-refractivity contribution in [2.75, 3.05) is 4.90 Å². The first-order chi connectivity index (χ1) is 23.7. The molecule has 0 spiro atoms. The van der Waals surface area contributed by atoms with Crippen LogP contribution in [-0.4, -0.2) is 16.4 Å². The van der Waals surface area contributed by atoms with E-state index in [0.29, 0.717) is 22.5 Å². The number of fused-ring (bicyclic) bond motifs is 4. The van der Waals surface area contributed by atoms with Crippen LogP contribution < -0.4 is 4.90 Å². The van der Waals surface area contributed by atoms with Gasteiger partial charge >= 0.3 is 0 Å². The number of nitrogens with zero attached hydrogens (tertiary/aromatic N) is 2. The van der Waals surface area contributed by atoms with E-state index >= 15 is 0 Å². The van der Waals surface area contributed by atoms with Crippen LogP contribution in [-0.2, 0) is 0 Å². The molecule has 0 bridgehead atoms. The highest BCUT2D eigenvalue weighted by Gasteiger charge is 2.40. The van der Waals surface area contributed by atoms with Crippen molar-refractivity contribution in [2.24, 2.45) is 0 Å². The van der Waals surface area contributed by atoms with Crippen molar-refractivity contribution in [1.82, 2.24) is 4.57 Å². The summed E-state index contributed by atoms with van der Waals surface area (Å²) in [6.45, 7) is 0. The van der Waals surface area contributed by atoms with Crippen molar-refractivity contribution in [3.63, 3.8) is 0 Å². The molecule has 7 aromatic carbocycles. The van der Waals surface area contributed by atoms with Crippen LogP contribution in [0.1, 0.15) is 20.7 Å². The van der Waals surface area contributed by atoms with Gasteiger partial charge in [0.25, 0.3) is 11.8 Å². The summed E-state index contributed by atoms with van der Waals surface area (Å²) in [5, 5.41) is 2.17. The van der Waals surface area contributed by atoms with E-state index in [4.69, 9.17) is 0 Å². The fourth-order valence-electron chi connectivity index (χ4n) is 7.21. The summed E-state index contributed by atoms with van der Waals surface area (Å²) >= 11 is 0. The molecular weight excluding hydrogens is 588 g/mol. The molecule has 9 rings (SSSR count). The second kappa shape index (κ2) is 11.1. The molecule has 2 amide bonds. The molecule has 2 heterocycles. The smallest absolute Gasteiger partial charge is 0.268 e. The zero-order chi connectivity index (χ0) is 32.2. The minimum atomic E-state index is -0.335. The number of hydrogen-bond donors (Lipinski definition) is 0. The third kappa shape index (κ3) is 4.24. The average molecular weight is 617 g/mol. The molecule has 8 aromatic rings.